The van der Waals surface area contributed by atoms with Gasteiger partial charge in [-0.1, -0.05) is 0 Å². The van der Waals surface area contributed by atoms with Crippen molar-refractivity contribution >= 4 is 29.5 Å². The van der Waals surface area contributed by atoms with Gasteiger partial charge in [-0.2, -0.15) is 10.5 Å². The number of hydrogen-bond donors (Lipinski definition) is 1. The van der Waals surface area contributed by atoms with Gasteiger partial charge in [-0.3, -0.25) is 24.4 Å². The Morgan fingerprint density at radius 1 is 1.09 bits per heavy atom. The minimum Gasteiger partial charge on any atom is -0.506 e. The maximum Gasteiger partial charge on any atom is 0.346 e. The van der Waals surface area contributed by atoms with Crippen LogP contribution in [0.5, 0.6) is 0 Å². The first-order valence-corrected chi connectivity index (χ1v) is 9.82. The third-order valence-corrected chi connectivity index (χ3v) is 4.33. The molecule has 0 amide bonds. The molecule has 11 heteroatoms. The van der Waals surface area contributed by atoms with E-state index in [1.165, 1.54) is 24.8 Å². The molecule has 2 aromatic heterocycles. The Balaban J connectivity index is 0.000000188. The Bertz CT molecular complexity index is 1240. The number of esters is 3. The zero-order valence-electron chi connectivity index (χ0n) is 18.0. The SMILES string of the molecule is CCOC(=O)CC#N.N#CC1=C(O)c2ccncc2CC1=O.O=C1Cc2cnccc2C(=O)O1. The number of hydrogen-bond acceptors (Lipinski definition) is 11. The number of rotatable bonds is 2. The minimum atomic E-state index is -0.580. The van der Waals surface area contributed by atoms with Gasteiger partial charge in [0, 0.05) is 36.8 Å². The quantitative estimate of drug-likeness (QED) is 0.507. The van der Waals surface area contributed by atoms with Gasteiger partial charge in [-0.05, 0) is 30.2 Å². The van der Waals surface area contributed by atoms with E-state index in [9.17, 15) is 24.3 Å². The molecule has 0 spiro atoms. The summed E-state index contributed by atoms with van der Waals surface area (Å²) in [5.74, 6) is -2.13. The maximum atomic E-state index is 11.3. The van der Waals surface area contributed by atoms with Crippen LogP contribution in [0.4, 0.5) is 0 Å². The lowest BCUT2D eigenvalue weighted by Gasteiger charge is -2.13. The third kappa shape index (κ3) is 6.55. The molecule has 0 aromatic carbocycles. The van der Waals surface area contributed by atoms with E-state index in [0.29, 0.717) is 28.9 Å². The summed E-state index contributed by atoms with van der Waals surface area (Å²) in [5, 5.41) is 26.2. The molecular formula is C23H18N4O7. The van der Waals surface area contributed by atoms with E-state index in [1.807, 2.05) is 0 Å². The number of ketones is 1. The molecule has 11 nitrogen and oxygen atoms in total. The van der Waals surface area contributed by atoms with Crippen LogP contribution >= 0.6 is 0 Å². The second kappa shape index (κ2) is 12.2. The van der Waals surface area contributed by atoms with Gasteiger partial charge in [0.05, 0.1) is 24.7 Å². The molecule has 0 fully saturated rings. The molecule has 0 saturated heterocycles. The number of nitriles is 2. The zero-order valence-corrected chi connectivity index (χ0v) is 18.0. The highest BCUT2D eigenvalue weighted by atomic mass is 16.6. The van der Waals surface area contributed by atoms with Crippen molar-refractivity contribution in [2.45, 2.75) is 26.2 Å². The average Bonchev–Trinajstić information content (AvgIpc) is 2.80. The predicted octanol–water partition coefficient (Wildman–Crippen LogP) is 1.78. The Labute approximate surface area is 193 Å². The van der Waals surface area contributed by atoms with Crippen LogP contribution in [0.25, 0.3) is 5.76 Å². The fourth-order valence-corrected chi connectivity index (χ4v) is 2.84. The Morgan fingerprint density at radius 2 is 1.71 bits per heavy atom. The summed E-state index contributed by atoms with van der Waals surface area (Å²) in [6.07, 6.45) is 6.17. The van der Waals surface area contributed by atoms with Gasteiger partial charge in [-0.25, -0.2) is 4.79 Å². The van der Waals surface area contributed by atoms with E-state index in [1.54, 1.807) is 31.2 Å². The van der Waals surface area contributed by atoms with Crippen molar-refractivity contribution in [3.63, 3.8) is 0 Å². The summed E-state index contributed by atoms with van der Waals surface area (Å²) in [6, 6.07) is 6.52. The van der Waals surface area contributed by atoms with Crippen molar-refractivity contribution in [1.82, 2.24) is 9.97 Å². The lowest BCUT2D eigenvalue weighted by molar-refractivity contribution is -0.142. The number of aliphatic hydroxyl groups excluding tert-OH is 1. The molecular weight excluding hydrogens is 444 g/mol. The second-order valence-corrected chi connectivity index (χ2v) is 6.58. The van der Waals surface area contributed by atoms with Gasteiger partial charge in [0.1, 0.15) is 23.8 Å². The van der Waals surface area contributed by atoms with Crippen molar-refractivity contribution in [2.24, 2.45) is 0 Å². The number of cyclic esters (lactones) is 2. The number of carbonyl (C=O) groups is 4. The molecule has 2 aliphatic rings. The van der Waals surface area contributed by atoms with Crippen molar-refractivity contribution in [3.05, 3.63) is 64.7 Å². The Kier molecular flexibility index (Phi) is 9.11. The van der Waals surface area contributed by atoms with Gasteiger partial charge < -0.3 is 14.6 Å². The normalized spacial score (nSPS) is 13.3. The molecule has 172 valence electrons. The molecule has 0 unspecified atom stereocenters. The standard InChI is InChI=1S/C10H6N2O2.C8H5NO3.C5H7NO2/c11-4-8-9(13)3-6-5-12-2-1-7(6)10(8)14;10-7-3-5-4-9-2-1-6(5)8(11)12-7;1-2-8-5(7)3-4-6/h1-2,5,14H,3H2;1-2,4H,3H2;2-3H2,1H3. The van der Waals surface area contributed by atoms with Crippen LogP contribution in [0.15, 0.2) is 42.5 Å². The number of allylic oxidation sites excluding steroid dienone is 1. The number of carbonyl (C=O) groups excluding carboxylic acids is 4. The Morgan fingerprint density at radius 3 is 2.29 bits per heavy atom. The van der Waals surface area contributed by atoms with E-state index < -0.39 is 17.9 Å². The first kappa shape index (κ1) is 25.4. The average molecular weight is 462 g/mol. The number of ether oxygens (including phenoxy) is 2. The monoisotopic (exact) mass is 462 g/mol. The van der Waals surface area contributed by atoms with E-state index in [-0.39, 0.29) is 36.4 Å². The highest BCUT2D eigenvalue weighted by Gasteiger charge is 2.25. The molecule has 0 radical (unpaired) electrons. The molecule has 4 rings (SSSR count). The smallest absolute Gasteiger partial charge is 0.346 e. The van der Waals surface area contributed by atoms with E-state index >= 15 is 0 Å². The zero-order chi connectivity index (χ0) is 25.1. The molecule has 3 heterocycles. The van der Waals surface area contributed by atoms with Crippen molar-refractivity contribution < 1.29 is 33.8 Å². The highest BCUT2D eigenvalue weighted by molar-refractivity contribution is 6.08. The van der Waals surface area contributed by atoms with Gasteiger partial charge in [0.25, 0.3) is 0 Å². The van der Waals surface area contributed by atoms with Crippen LogP contribution in [-0.2, 0) is 36.7 Å². The van der Waals surface area contributed by atoms with Crippen molar-refractivity contribution in [3.8, 4) is 12.1 Å². The number of aliphatic hydroxyl groups is 1. The fraction of sp³-hybridized carbons (Fsp3) is 0.217. The summed E-state index contributed by atoms with van der Waals surface area (Å²) in [7, 11) is 0. The van der Waals surface area contributed by atoms with Crippen LogP contribution in [0.2, 0.25) is 0 Å². The largest absolute Gasteiger partial charge is 0.506 e. The lowest BCUT2D eigenvalue weighted by atomic mass is 9.92. The minimum absolute atomic E-state index is 0.134. The van der Waals surface area contributed by atoms with Gasteiger partial charge in [0.2, 0.25) is 0 Å². The summed E-state index contributed by atoms with van der Waals surface area (Å²) in [6.45, 7) is 2.05. The van der Waals surface area contributed by atoms with Crippen molar-refractivity contribution in [2.75, 3.05) is 6.61 Å². The first-order chi connectivity index (χ1) is 16.3. The Hall–Kier alpha value is -4.90. The van der Waals surface area contributed by atoms with Crippen LogP contribution in [0.1, 0.15) is 40.4 Å². The number of fused-ring (bicyclic) bond motifs is 2. The molecule has 1 N–H and O–H groups in total. The topological polar surface area (TPSA) is 180 Å². The van der Waals surface area contributed by atoms with Crippen LogP contribution in [0.3, 0.4) is 0 Å². The molecule has 0 atom stereocenters. The number of pyridine rings is 2. The summed E-state index contributed by atoms with van der Waals surface area (Å²) >= 11 is 0. The van der Waals surface area contributed by atoms with E-state index in [2.05, 4.69) is 19.4 Å². The third-order valence-electron chi connectivity index (χ3n) is 4.33. The molecule has 2 aromatic rings. The maximum absolute atomic E-state index is 11.3. The molecule has 1 aliphatic heterocycles. The highest BCUT2D eigenvalue weighted by Crippen LogP contribution is 2.26. The summed E-state index contributed by atoms with van der Waals surface area (Å²) < 4.78 is 8.83. The van der Waals surface area contributed by atoms with Crippen LogP contribution in [0, 0.1) is 22.7 Å². The van der Waals surface area contributed by atoms with Crippen molar-refractivity contribution in [1.29, 1.82) is 10.5 Å². The van der Waals surface area contributed by atoms with Gasteiger partial charge in [0.15, 0.2) is 5.78 Å². The lowest BCUT2D eigenvalue weighted by Crippen LogP contribution is -2.22. The van der Waals surface area contributed by atoms with Gasteiger partial charge >= 0.3 is 17.9 Å². The van der Waals surface area contributed by atoms with E-state index in [4.69, 9.17) is 10.5 Å². The van der Waals surface area contributed by atoms with Gasteiger partial charge in [-0.15, -0.1) is 0 Å². The predicted molar refractivity (Wildman–Crippen MR) is 113 cm³/mol. The summed E-state index contributed by atoms with van der Waals surface area (Å²) in [5.41, 5.74) is 2.09. The molecule has 0 bridgehead atoms. The van der Waals surface area contributed by atoms with Crippen LogP contribution in [-0.4, -0.2) is 45.4 Å². The number of aromatic nitrogens is 2. The second-order valence-electron chi connectivity index (χ2n) is 6.58. The number of Topliss-reactive ketones (excluding diaryl/α,β-unsaturated/α-hetero) is 1. The number of nitrogens with zero attached hydrogens (tertiary/aromatic N) is 4. The molecule has 34 heavy (non-hydrogen) atoms. The van der Waals surface area contributed by atoms with E-state index in [0.717, 1.165) is 0 Å². The molecule has 1 aliphatic carbocycles. The van der Waals surface area contributed by atoms with Crippen LogP contribution < -0.4 is 0 Å². The molecule has 0 saturated carbocycles. The first-order valence-electron chi connectivity index (χ1n) is 9.82. The summed E-state index contributed by atoms with van der Waals surface area (Å²) in [4.78, 5) is 51.0. The fourth-order valence-electron chi connectivity index (χ4n) is 2.84.